The molecule has 1 aromatic heterocycles. The first-order valence-electron chi connectivity index (χ1n) is 4.99. The molecular formula is C11H8ClN3O2. The number of hydrogen-bond donors (Lipinski definition) is 0. The largest absolute Gasteiger partial charge is 0.350 e. The molecule has 0 N–H and O–H groups in total. The van der Waals surface area contributed by atoms with Crippen LogP contribution in [0.1, 0.15) is 5.69 Å². The van der Waals surface area contributed by atoms with Crippen LogP contribution in [-0.2, 0) is 0 Å². The van der Waals surface area contributed by atoms with Crippen molar-refractivity contribution in [1.29, 1.82) is 0 Å². The second-order valence-corrected chi connectivity index (χ2v) is 4.27. The van der Waals surface area contributed by atoms with Crippen molar-refractivity contribution in [3.05, 3.63) is 40.3 Å². The van der Waals surface area contributed by atoms with Gasteiger partial charge >= 0.3 is 0 Å². The average molecular weight is 250 g/mol. The van der Waals surface area contributed by atoms with Crippen LogP contribution in [-0.4, -0.2) is 16.1 Å². The van der Waals surface area contributed by atoms with Gasteiger partial charge < -0.3 is 4.90 Å². The first-order chi connectivity index (χ1) is 8.09. The van der Waals surface area contributed by atoms with Gasteiger partial charge in [0.2, 0.25) is 0 Å². The van der Waals surface area contributed by atoms with Gasteiger partial charge in [0.05, 0.1) is 21.7 Å². The Balaban J connectivity index is 2.49. The zero-order chi connectivity index (χ0) is 12.2. The van der Waals surface area contributed by atoms with Crippen LogP contribution in [0.5, 0.6) is 0 Å². The van der Waals surface area contributed by atoms with Gasteiger partial charge in [-0.1, -0.05) is 0 Å². The molecule has 0 unspecified atom stereocenters. The monoisotopic (exact) mass is 249 g/mol. The number of aromatic nitrogens is 1. The zero-order valence-corrected chi connectivity index (χ0v) is 9.68. The number of nitro groups is 1. The third-order valence-electron chi connectivity index (χ3n) is 2.96. The Morgan fingerprint density at radius 3 is 2.88 bits per heavy atom. The highest BCUT2D eigenvalue weighted by molar-refractivity contribution is 6.20. The summed E-state index contributed by atoms with van der Waals surface area (Å²) in [4.78, 5) is 12.5. The van der Waals surface area contributed by atoms with E-state index in [2.05, 4.69) is 0 Å². The van der Waals surface area contributed by atoms with Gasteiger partial charge in [-0.25, -0.2) is 0 Å². The number of anilines is 1. The van der Waals surface area contributed by atoms with Crippen LogP contribution in [0.4, 0.5) is 11.4 Å². The number of nitrogens with zero attached hydrogens (tertiary/aromatic N) is 3. The third kappa shape index (κ3) is 1.26. The molecule has 0 amide bonds. The SMILES string of the molecule is CN1C=Cc2c3c1ccc([N+](=O)[O-])c3cn2Cl. The Morgan fingerprint density at radius 1 is 1.41 bits per heavy atom. The minimum atomic E-state index is -0.391. The van der Waals surface area contributed by atoms with E-state index in [1.54, 1.807) is 12.3 Å². The molecule has 1 aromatic carbocycles. The molecule has 1 aliphatic heterocycles. The van der Waals surface area contributed by atoms with Crippen molar-refractivity contribution >= 4 is 40.0 Å². The summed E-state index contributed by atoms with van der Waals surface area (Å²) in [6.45, 7) is 0. The number of non-ortho nitro benzene ring substituents is 1. The third-order valence-corrected chi connectivity index (χ3v) is 3.24. The van der Waals surface area contributed by atoms with Crippen molar-refractivity contribution in [3.63, 3.8) is 0 Å². The second-order valence-electron chi connectivity index (χ2n) is 3.90. The fourth-order valence-corrected chi connectivity index (χ4v) is 2.40. The van der Waals surface area contributed by atoms with E-state index < -0.39 is 4.92 Å². The van der Waals surface area contributed by atoms with E-state index in [0.717, 1.165) is 16.8 Å². The molecule has 2 aromatic rings. The molecule has 5 nitrogen and oxygen atoms in total. The highest BCUT2D eigenvalue weighted by Crippen LogP contribution is 2.40. The number of halogens is 1. The van der Waals surface area contributed by atoms with E-state index in [-0.39, 0.29) is 5.69 Å². The molecule has 1 aliphatic rings. The van der Waals surface area contributed by atoms with Gasteiger partial charge in [0.15, 0.2) is 0 Å². The van der Waals surface area contributed by atoms with Crippen molar-refractivity contribution in [1.82, 2.24) is 4.09 Å². The minimum absolute atomic E-state index is 0.0769. The lowest BCUT2D eigenvalue weighted by atomic mass is 10.1. The first kappa shape index (κ1) is 10.2. The summed E-state index contributed by atoms with van der Waals surface area (Å²) in [5.41, 5.74) is 1.77. The van der Waals surface area contributed by atoms with E-state index in [9.17, 15) is 10.1 Å². The van der Waals surface area contributed by atoms with Crippen molar-refractivity contribution < 1.29 is 4.92 Å². The Morgan fingerprint density at radius 2 is 2.18 bits per heavy atom. The fourth-order valence-electron chi connectivity index (χ4n) is 2.16. The highest BCUT2D eigenvalue weighted by atomic mass is 35.5. The predicted molar refractivity (Wildman–Crippen MR) is 67.3 cm³/mol. The quantitative estimate of drug-likeness (QED) is 0.577. The molecule has 3 rings (SSSR count). The molecule has 0 aliphatic carbocycles. The second kappa shape index (κ2) is 3.24. The topological polar surface area (TPSA) is 51.3 Å². The van der Waals surface area contributed by atoms with Gasteiger partial charge in [-0.05, 0) is 12.1 Å². The lowest BCUT2D eigenvalue weighted by molar-refractivity contribution is -0.383. The molecule has 0 fully saturated rings. The van der Waals surface area contributed by atoms with Gasteiger partial charge in [0.25, 0.3) is 5.69 Å². The Labute approximate surface area is 102 Å². The molecule has 2 heterocycles. The summed E-state index contributed by atoms with van der Waals surface area (Å²) in [5.74, 6) is 0. The molecule has 86 valence electrons. The van der Waals surface area contributed by atoms with E-state index in [4.69, 9.17) is 11.8 Å². The number of benzene rings is 1. The molecule has 0 atom stereocenters. The molecule has 0 spiro atoms. The van der Waals surface area contributed by atoms with Crippen LogP contribution in [0.25, 0.3) is 16.8 Å². The zero-order valence-electron chi connectivity index (χ0n) is 8.92. The summed E-state index contributed by atoms with van der Waals surface area (Å²) in [5, 5.41) is 12.3. The smallest absolute Gasteiger partial charge is 0.278 e. The summed E-state index contributed by atoms with van der Waals surface area (Å²) in [6.07, 6.45) is 5.30. The van der Waals surface area contributed by atoms with Gasteiger partial charge in [-0.3, -0.25) is 14.2 Å². The first-order valence-corrected chi connectivity index (χ1v) is 5.33. The number of rotatable bonds is 1. The predicted octanol–water partition coefficient (Wildman–Crippen LogP) is 2.97. The number of nitro benzene ring substituents is 1. The maximum absolute atomic E-state index is 11.0. The Kier molecular flexibility index (Phi) is 1.94. The molecule has 0 saturated carbocycles. The van der Waals surface area contributed by atoms with Gasteiger partial charge in [0, 0.05) is 42.7 Å². The van der Waals surface area contributed by atoms with Gasteiger partial charge in [-0.15, -0.1) is 0 Å². The summed E-state index contributed by atoms with van der Waals surface area (Å²) in [7, 11) is 1.89. The molecular weight excluding hydrogens is 242 g/mol. The van der Waals surface area contributed by atoms with E-state index in [1.165, 1.54) is 10.2 Å². The number of hydrogen-bond acceptors (Lipinski definition) is 3. The summed E-state index contributed by atoms with van der Waals surface area (Å²) >= 11 is 6.02. The maximum Gasteiger partial charge on any atom is 0.278 e. The van der Waals surface area contributed by atoms with Crippen molar-refractivity contribution in [2.75, 3.05) is 11.9 Å². The minimum Gasteiger partial charge on any atom is -0.350 e. The maximum atomic E-state index is 11.0. The van der Waals surface area contributed by atoms with Crippen LogP contribution in [0, 0.1) is 10.1 Å². The van der Waals surface area contributed by atoms with Crippen molar-refractivity contribution in [2.24, 2.45) is 0 Å². The highest BCUT2D eigenvalue weighted by Gasteiger charge is 2.23. The van der Waals surface area contributed by atoms with Gasteiger partial charge in [-0.2, -0.15) is 0 Å². The van der Waals surface area contributed by atoms with E-state index >= 15 is 0 Å². The molecule has 0 radical (unpaired) electrons. The van der Waals surface area contributed by atoms with E-state index in [1.807, 2.05) is 24.2 Å². The van der Waals surface area contributed by atoms with Crippen LogP contribution in [0.3, 0.4) is 0 Å². The molecule has 6 heteroatoms. The molecule has 17 heavy (non-hydrogen) atoms. The standard InChI is InChI=1S/C11H8ClN3O2/c1-13-5-4-10-11-7(6-14(10)12)8(15(16)17)2-3-9(11)13/h2-6H,1H3. The Hall–Kier alpha value is -2.01. The molecule has 0 saturated heterocycles. The van der Waals surface area contributed by atoms with Crippen LogP contribution >= 0.6 is 11.8 Å². The van der Waals surface area contributed by atoms with E-state index in [0.29, 0.717) is 5.39 Å². The Bertz CT molecular complexity index is 675. The summed E-state index contributed by atoms with van der Waals surface area (Å²) < 4.78 is 1.39. The van der Waals surface area contributed by atoms with Crippen molar-refractivity contribution in [3.8, 4) is 0 Å². The normalized spacial score (nSPS) is 13.4. The lowest BCUT2D eigenvalue weighted by Crippen LogP contribution is -2.11. The van der Waals surface area contributed by atoms with Crippen LogP contribution in [0.15, 0.2) is 24.5 Å². The van der Waals surface area contributed by atoms with Crippen LogP contribution < -0.4 is 4.90 Å². The average Bonchev–Trinajstić information content (AvgIpc) is 2.61. The van der Waals surface area contributed by atoms with Crippen molar-refractivity contribution in [2.45, 2.75) is 0 Å². The fraction of sp³-hybridized carbons (Fsp3) is 0.0909. The summed E-state index contributed by atoms with van der Waals surface area (Å²) in [6, 6.07) is 3.25. The molecule has 0 bridgehead atoms. The van der Waals surface area contributed by atoms with Gasteiger partial charge in [0.1, 0.15) is 0 Å². The lowest BCUT2D eigenvalue weighted by Gasteiger charge is -2.19. The van der Waals surface area contributed by atoms with Crippen LogP contribution in [0.2, 0.25) is 0 Å².